The molecule has 0 saturated heterocycles. The first-order chi connectivity index (χ1) is 27.8. The predicted molar refractivity (Wildman–Crippen MR) is 229 cm³/mol. The van der Waals surface area contributed by atoms with Crippen LogP contribution >= 0.6 is 0 Å². The molecule has 0 aliphatic rings. The van der Waals surface area contributed by atoms with Gasteiger partial charge in [0.25, 0.3) is 0 Å². The summed E-state index contributed by atoms with van der Waals surface area (Å²) < 4.78 is 6.82. The van der Waals surface area contributed by atoms with Crippen LogP contribution in [0.25, 0.3) is 78.4 Å². The molecule has 5 heteroatoms. The summed E-state index contributed by atoms with van der Waals surface area (Å²) in [5, 5.41) is 1.98. The van der Waals surface area contributed by atoms with Gasteiger partial charge in [-0.15, -0.1) is 0 Å². The van der Waals surface area contributed by atoms with Gasteiger partial charge in [0, 0.05) is 27.9 Å². The fourth-order valence-electron chi connectivity index (χ4n) is 7.41. The van der Waals surface area contributed by atoms with Crippen LogP contribution < -0.4 is 4.90 Å². The Labute approximate surface area is 324 Å². The molecule has 0 amide bonds. The lowest BCUT2D eigenvalue weighted by molar-refractivity contribution is 0.669. The number of rotatable bonds is 8. The normalized spacial score (nSPS) is 11.2. The second-order valence-corrected chi connectivity index (χ2v) is 13.6. The van der Waals surface area contributed by atoms with E-state index in [4.69, 9.17) is 19.4 Å². The lowest BCUT2D eigenvalue weighted by Crippen LogP contribution is -2.10. The van der Waals surface area contributed by atoms with E-state index in [1.54, 1.807) is 0 Å². The smallest absolute Gasteiger partial charge is 0.167 e. The third-order valence-electron chi connectivity index (χ3n) is 10.1. The van der Waals surface area contributed by atoms with Gasteiger partial charge in [-0.05, 0) is 64.7 Å². The second-order valence-electron chi connectivity index (χ2n) is 13.6. The summed E-state index contributed by atoms with van der Waals surface area (Å²) in [6.45, 7) is 0. The fourth-order valence-corrected chi connectivity index (χ4v) is 7.41. The van der Waals surface area contributed by atoms with Crippen LogP contribution in [-0.4, -0.2) is 15.0 Å². The molecule has 0 unspecified atom stereocenters. The number of hydrogen-bond donors (Lipinski definition) is 0. The first-order valence-electron chi connectivity index (χ1n) is 18.7. The zero-order valence-electron chi connectivity index (χ0n) is 30.3. The Morgan fingerprint density at radius 2 is 0.768 bits per heavy atom. The molecule has 0 bridgehead atoms. The molecular weight excluding hydrogens is 685 g/mol. The number of fused-ring (bicyclic) bond motifs is 3. The van der Waals surface area contributed by atoms with E-state index in [9.17, 15) is 0 Å². The van der Waals surface area contributed by atoms with Crippen LogP contribution in [0.1, 0.15) is 0 Å². The van der Waals surface area contributed by atoms with Crippen LogP contribution in [-0.2, 0) is 0 Å². The van der Waals surface area contributed by atoms with Crippen LogP contribution in [0.15, 0.2) is 211 Å². The number of aromatic nitrogens is 3. The summed E-state index contributed by atoms with van der Waals surface area (Å²) in [5.41, 5.74) is 11.9. The van der Waals surface area contributed by atoms with Gasteiger partial charge in [-0.3, -0.25) is 0 Å². The van der Waals surface area contributed by atoms with Crippen LogP contribution in [0.3, 0.4) is 0 Å². The third kappa shape index (κ3) is 6.17. The van der Waals surface area contributed by atoms with Crippen molar-refractivity contribution in [2.24, 2.45) is 0 Å². The molecule has 0 radical (unpaired) electrons. The Morgan fingerprint density at radius 3 is 1.27 bits per heavy atom. The van der Waals surface area contributed by atoms with E-state index in [0.717, 1.165) is 66.8 Å². The second kappa shape index (κ2) is 14.3. The minimum Gasteiger partial charge on any atom is -0.455 e. The van der Waals surface area contributed by atoms with E-state index >= 15 is 0 Å². The van der Waals surface area contributed by atoms with E-state index in [0.29, 0.717) is 17.5 Å². The van der Waals surface area contributed by atoms with Crippen molar-refractivity contribution in [3.63, 3.8) is 0 Å². The first kappa shape index (κ1) is 33.0. The number of nitrogens with zero attached hydrogens (tertiary/aromatic N) is 4. The molecule has 10 aromatic rings. The van der Waals surface area contributed by atoms with Crippen molar-refractivity contribution in [3.8, 4) is 56.4 Å². The SMILES string of the molecule is c1ccc(-c2ccc(N(c3ccc(-c4ccccc4)cc3)c3cccc4oc5c(-c6nc(-c7ccccc7)nc(-c7ccccc7)n6)cccc5c34)cc2)cc1. The maximum Gasteiger partial charge on any atom is 0.167 e. The van der Waals surface area contributed by atoms with Crippen LogP contribution in [0.5, 0.6) is 0 Å². The van der Waals surface area contributed by atoms with Crippen molar-refractivity contribution in [1.82, 2.24) is 15.0 Å². The lowest BCUT2D eigenvalue weighted by Gasteiger charge is -2.26. The number of benzene rings is 8. The molecule has 0 aliphatic carbocycles. The van der Waals surface area contributed by atoms with Crippen molar-refractivity contribution < 1.29 is 4.42 Å². The van der Waals surface area contributed by atoms with Gasteiger partial charge < -0.3 is 9.32 Å². The minimum absolute atomic E-state index is 0.550. The lowest BCUT2D eigenvalue weighted by atomic mass is 10.0. The predicted octanol–water partition coefficient (Wildman–Crippen LogP) is 13.6. The molecule has 0 saturated carbocycles. The highest BCUT2D eigenvalue weighted by atomic mass is 16.3. The monoisotopic (exact) mass is 718 g/mol. The van der Waals surface area contributed by atoms with Crippen molar-refractivity contribution >= 4 is 39.0 Å². The molecule has 5 nitrogen and oxygen atoms in total. The highest BCUT2D eigenvalue weighted by Gasteiger charge is 2.22. The van der Waals surface area contributed by atoms with E-state index in [-0.39, 0.29) is 0 Å². The van der Waals surface area contributed by atoms with Gasteiger partial charge in [0.05, 0.1) is 16.6 Å². The average molecular weight is 719 g/mol. The molecule has 2 heterocycles. The molecule has 0 atom stereocenters. The molecular formula is C51H34N4O. The van der Waals surface area contributed by atoms with Gasteiger partial charge >= 0.3 is 0 Å². The van der Waals surface area contributed by atoms with Crippen molar-refractivity contribution in [2.75, 3.05) is 4.90 Å². The Kier molecular flexibility index (Phi) is 8.43. The van der Waals surface area contributed by atoms with Crippen LogP contribution in [0.4, 0.5) is 17.1 Å². The zero-order valence-corrected chi connectivity index (χ0v) is 30.3. The van der Waals surface area contributed by atoms with Gasteiger partial charge in [0.15, 0.2) is 17.5 Å². The number of para-hydroxylation sites is 1. The highest BCUT2D eigenvalue weighted by Crippen LogP contribution is 2.45. The summed E-state index contributed by atoms with van der Waals surface area (Å²) in [7, 11) is 0. The molecule has 0 N–H and O–H groups in total. The Balaban J connectivity index is 1.15. The zero-order chi connectivity index (χ0) is 37.3. The van der Waals surface area contributed by atoms with Crippen molar-refractivity contribution in [3.05, 3.63) is 206 Å². The average Bonchev–Trinajstić information content (AvgIpc) is 3.68. The summed E-state index contributed by atoms with van der Waals surface area (Å²) >= 11 is 0. The summed E-state index contributed by atoms with van der Waals surface area (Å²) in [5.74, 6) is 1.76. The van der Waals surface area contributed by atoms with Crippen molar-refractivity contribution in [1.29, 1.82) is 0 Å². The molecule has 10 rings (SSSR count). The molecule has 0 fully saturated rings. The maximum atomic E-state index is 6.82. The van der Waals surface area contributed by atoms with Gasteiger partial charge in [0.2, 0.25) is 0 Å². The van der Waals surface area contributed by atoms with Crippen LogP contribution in [0.2, 0.25) is 0 Å². The summed E-state index contributed by atoms with van der Waals surface area (Å²) in [6.07, 6.45) is 0. The van der Waals surface area contributed by atoms with Gasteiger partial charge in [0.1, 0.15) is 11.2 Å². The maximum absolute atomic E-state index is 6.82. The fraction of sp³-hybridized carbons (Fsp3) is 0. The molecule has 264 valence electrons. The van der Waals surface area contributed by atoms with E-state index in [1.807, 2.05) is 84.9 Å². The summed E-state index contributed by atoms with van der Waals surface area (Å²) in [6, 6.07) is 71.1. The Morgan fingerprint density at radius 1 is 0.339 bits per heavy atom. The third-order valence-corrected chi connectivity index (χ3v) is 10.1. The van der Waals surface area contributed by atoms with Gasteiger partial charge in [-0.2, -0.15) is 0 Å². The summed E-state index contributed by atoms with van der Waals surface area (Å²) in [4.78, 5) is 17.3. The van der Waals surface area contributed by atoms with Gasteiger partial charge in [-0.25, -0.2) is 15.0 Å². The van der Waals surface area contributed by atoms with Crippen molar-refractivity contribution in [2.45, 2.75) is 0 Å². The van der Waals surface area contributed by atoms with Gasteiger partial charge in [-0.1, -0.05) is 164 Å². The standard InChI is InChI=1S/C51H34N4O/c1-5-15-35(16-6-1)37-27-31-41(32-28-37)55(42-33-29-38(30-34-42)36-17-7-2-8-18-36)45-25-14-26-46-47(45)43-23-13-24-44(48(43)56-46)51-53-49(39-19-9-3-10-20-39)52-50(54-51)40-21-11-4-12-22-40/h1-34H. The highest BCUT2D eigenvalue weighted by molar-refractivity contribution is 6.16. The number of anilines is 3. The largest absolute Gasteiger partial charge is 0.455 e. The molecule has 0 aliphatic heterocycles. The first-order valence-corrected chi connectivity index (χ1v) is 18.7. The Bertz CT molecular complexity index is 2790. The Hall–Kier alpha value is -7.63. The topological polar surface area (TPSA) is 55.1 Å². The number of hydrogen-bond acceptors (Lipinski definition) is 5. The van der Waals surface area contributed by atoms with Crippen LogP contribution in [0, 0.1) is 0 Å². The molecule has 2 aromatic heterocycles. The molecule has 0 spiro atoms. The van der Waals surface area contributed by atoms with E-state index in [2.05, 4.69) is 126 Å². The van der Waals surface area contributed by atoms with E-state index < -0.39 is 0 Å². The molecule has 56 heavy (non-hydrogen) atoms. The molecule has 8 aromatic carbocycles. The quantitative estimate of drug-likeness (QED) is 0.157. The van der Waals surface area contributed by atoms with E-state index in [1.165, 1.54) is 11.1 Å². The minimum atomic E-state index is 0.550. The number of furan rings is 1.